The Labute approximate surface area is 198 Å². The van der Waals surface area contributed by atoms with E-state index >= 15 is 0 Å². The first-order valence-corrected chi connectivity index (χ1v) is 13.0. The van der Waals surface area contributed by atoms with Gasteiger partial charge >= 0.3 is 0 Å². The molecule has 0 amide bonds. The fraction of sp³-hybridized carbons (Fsp3) is 0.630. The smallest absolute Gasteiger partial charge is 0.229 e. The molecule has 3 aliphatic rings. The lowest BCUT2D eigenvalue weighted by Gasteiger charge is -2.37. The molecule has 0 atom stereocenters. The molecule has 1 aliphatic heterocycles. The Morgan fingerprint density at radius 2 is 1.82 bits per heavy atom. The summed E-state index contributed by atoms with van der Waals surface area (Å²) in [7, 11) is 0. The zero-order chi connectivity index (χ0) is 22.6. The fourth-order valence-electron chi connectivity index (χ4n) is 5.60. The van der Waals surface area contributed by atoms with Crippen molar-refractivity contribution < 1.29 is 5.11 Å². The first kappa shape index (κ1) is 22.6. The van der Waals surface area contributed by atoms with Crippen LogP contribution in [0.15, 0.2) is 30.5 Å². The molecule has 2 saturated carbocycles. The van der Waals surface area contributed by atoms with Crippen LogP contribution in [0.1, 0.15) is 74.8 Å². The lowest BCUT2D eigenvalue weighted by atomic mass is 9.84. The number of piperidine rings is 1. The van der Waals surface area contributed by atoms with E-state index in [2.05, 4.69) is 52.9 Å². The molecule has 2 heterocycles. The first-order valence-electron chi connectivity index (χ1n) is 13.0. The van der Waals surface area contributed by atoms with Gasteiger partial charge in [0.15, 0.2) is 0 Å². The summed E-state index contributed by atoms with van der Waals surface area (Å²) < 4.78 is 0. The second-order valence-electron chi connectivity index (χ2n) is 10.5. The Balaban J connectivity index is 1.30. The minimum absolute atomic E-state index is 0.147. The average molecular weight is 450 g/mol. The van der Waals surface area contributed by atoms with Gasteiger partial charge in [0.05, 0.1) is 6.10 Å². The van der Waals surface area contributed by atoms with Crippen LogP contribution in [0.4, 0.5) is 17.5 Å². The van der Waals surface area contributed by atoms with Crippen LogP contribution in [-0.4, -0.2) is 51.8 Å². The van der Waals surface area contributed by atoms with Gasteiger partial charge in [-0.1, -0.05) is 18.6 Å². The van der Waals surface area contributed by atoms with E-state index in [4.69, 9.17) is 9.97 Å². The molecule has 3 N–H and O–H groups in total. The van der Waals surface area contributed by atoms with Gasteiger partial charge in [-0.15, -0.1) is 0 Å². The Morgan fingerprint density at radius 3 is 2.52 bits per heavy atom. The summed E-state index contributed by atoms with van der Waals surface area (Å²) in [6.45, 7) is 5.74. The number of aliphatic hydroxyl groups excluding tert-OH is 1. The summed E-state index contributed by atoms with van der Waals surface area (Å²) in [4.78, 5) is 12.4. The van der Waals surface area contributed by atoms with Gasteiger partial charge < -0.3 is 20.6 Å². The van der Waals surface area contributed by atoms with Crippen LogP contribution in [0.3, 0.4) is 0 Å². The van der Waals surface area contributed by atoms with Gasteiger partial charge in [0.2, 0.25) is 5.95 Å². The van der Waals surface area contributed by atoms with Gasteiger partial charge in [-0.2, -0.15) is 4.98 Å². The summed E-state index contributed by atoms with van der Waals surface area (Å²) in [6.07, 6.45) is 12.3. The van der Waals surface area contributed by atoms with E-state index in [-0.39, 0.29) is 6.10 Å². The maximum Gasteiger partial charge on any atom is 0.229 e. The minimum Gasteiger partial charge on any atom is -0.393 e. The van der Waals surface area contributed by atoms with Gasteiger partial charge in [-0.25, -0.2) is 4.98 Å². The highest BCUT2D eigenvalue weighted by atomic mass is 16.3. The molecule has 1 aromatic heterocycles. The van der Waals surface area contributed by atoms with Crippen molar-refractivity contribution in [3.8, 4) is 0 Å². The predicted octanol–water partition coefficient (Wildman–Crippen LogP) is 5.22. The van der Waals surface area contributed by atoms with Crippen molar-refractivity contribution in [2.45, 2.75) is 82.8 Å². The quantitative estimate of drug-likeness (QED) is 0.538. The molecule has 178 valence electrons. The van der Waals surface area contributed by atoms with Gasteiger partial charge in [0, 0.05) is 30.0 Å². The molecule has 33 heavy (non-hydrogen) atoms. The number of nitrogens with zero attached hydrogens (tertiary/aromatic N) is 3. The molecule has 0 spiro atoms. The summed E-state index contributed by atoms with van der Waals surface area (Å²) in [6, 6.07) is 8.68. The van der Waals surface area contributed by atoms with Crippen molar-refractivity contribution in [3.05, 3.63) is 41.6 Å². The van der Waals surface area contributed by atoms with Crippen LogP contribution < -0.4 is 10.6 Å². The minimum atomic E-state index is -0.147. The van der Waals surface area contributed by atoms with Crippen molar-refractivity contribution in [2.75, 3.05) is 30.3 Å². The number of aryl methyl sites for hydroxylation is 1. The van der Waals surface area contributed by atoms with Crippen molar-refractivity contribution in [1.29, 1.82) is 0 Å². The van der Waals surface area contributed by atoms with E-state index in [0.29, 0.717) is 17.9 Å². The number of anilines is 3. The van der Waals surface area contributed by atoms with Crippen molar-refractivity contribution in [2.24, 2.45) is 5.92 Å². The van der Waals surface area contributed by atoms with E-state index in [1.165, 1.54) is 62.9 Å². The number of hydrogen-bond acceptors (Lipinski definition) is 6. The standard InChI is InChI=1S/C27H39N5O/c1-19-4-2-7-23(16-19)30-27-28-17-25(26(31-27)29-22-8-10-24(33)11-9-22)21-12-14-32(15-13-21)18-20-5-3-6-20/h2,4,7,16-17,20-22,24,33H,3,5-6,8-15,18H2,1H3,(H2,28,29,30,31). The monoisotopic (exact) mass is 449 g/mol. The van der Waals surface area contributed by atoms with E-state index < -0.39 is 0 Å². The number of benzene rings is 1. The van der Waals surface area contributed by atoms with Crippen LogP contribution in [0.2, 0.25) is 0 Å². The van der Waals surface area contributed by atoms with Gasteiger partial charge in [-0.3, -0.25) is 0 Å². The number of hydrogen-bond donors (Lipinski definition) is 3. The number of aromatic nitrogens is 2. The zero-order valence-corrected chi connectivity index (χ0v) is 20.0. The number of likely N-dealkylation sites (tertiary alicyclic amines) is 1. The topological polar surface area (TPSA) is 73.3 Å². The van der Waals surface area contributed by atoms with Crippen LogP contribution in [0.25, 0.3) is 0 Å². The average Bonchev–Trinajstić information content (AvgIpc) is 2.79. The molecule has 0 radical (unpaired) electrons. The lowest BCUT2D eigenvalue weighted by Crippen LogP contribution is -2.38. The van der Waals surface area contributed by atoms with E-state index in [0.717, 1.165) is 43.1 Å². The van der Waals surface area contributed by atoms with Gasteiger partial charge in [-0.05, 0) is 101 Å². The second-order valence-corrected chi connectivity index (χ2v) is 10.5. The van der Waals surface area contributed by atoms with E-state index in [9.17, 15) is 5.11 Å². The van der Waals surface area contributed by atoms with Crippen LogP contribution in [0, 0.1) is 12.8 Å². The Bertz CT molecular complexity index is 914. The van der Waals surface area contributed by atoms with E-state index in [1.54, 1.807) is 0 Å². The predicted molar refractivity (Wildman–Crippen MR) is 134 cm³/mol. The fourth-order valence-corrected chi connectivity index (χ4v) is 5.60. The van der Waals surface area contributed by atoms with Gasteiger partial charge in [0.25, 0.3) is 0 Å². The summed E-state index contributed by atoms with van der Waals surface area (Å²) >= 11 is 0. The largest absolute Gasteiger partial charge is 0.393 e. The first-order chi connectivity index (χ1) is 16.1. The highest BCUT2D eigenvalue weighted by molar-refractivity contribution is 5.57. The number of rotatable bonds is 7. The molecule has 2 aliphatic carbocycles. The molecule has 2 aromatic rings. The third-order valence-corrected chi connectivity index (χ3v) is 7.90. The van der Waals surface area contributed by atoms with Gasteiger partial charge in [0.1, 0.15) is 5.82 Å². The van der Waals surface area contributed by atoms with Crippen molar-refractivity contribution >= 4 is 17.5 Å². The summed E-state index contributed by atoms with van der Waals surface area (Å²) in [5.74, 6) is 3.08. The van der Waals surface area contributed by atoms with Crippen molar-refractivity contribution in [3.63, 3.8) is 0 Å². The number of aliphatic hydroxyl groups is 1. The second kappa shape index (κ2) is 10.4. The third kappa shape index (κ3) is 5.85. The Morgan fingerprint density at radius 1 is 1.03 bits per heavy atom. The molecule has 0 bridgehead atoms. The van der Waals surface area contributed by atoms with Crippen LogP contribution in [-0.2, 0) is 0 Å². The SMILES string of the molecule is Cc1cccc(Nc2ncc(C3CCN(CC4CCC4)CC3)c(NC3CCC(O)CC3)n2)c1. The normalized spacial score (nSPS) is 24.9. The molecule has 5 rings (SSSR count). The Hall–Kier alpha value is -2.18. The molecule has 3 fully saturated rings. The zero-order valence-electron chi connectivity index (χ0n) is 20.0. The summed E-state index contributed by atoms with van der Waals surface area (Å²) in [5.41, 5.74) is 3.49. The molecular formula is C27H39N5O. The van der Waals surface area contributed by atoms with Crippen molar-refractivity contribution in [1.82, 2.24) is 14.9 Å². The lowest BCUT2D eigenvalue weighted by molar-refractivity contribution is 0.126. The summed E-state index contributed by atoms with van der Waals surface area (Å²) in [5, 5.41) is 17.1. The Kier molecular flexibility index (Phi) is 7.12. The molecule has 0 unspecified atom stereocenters. The highest BCUT2D eigenvalue weighted by Gasteiger charge is 2.28. The molecule has 1 saturated heterocycles. The molecule has 6 nitrogen and oxygen atoms in total. The van der Waals surface area contributed by atoms with E-state index in [1.807, 2.05) is 0 Å². The third-order valence-electron chi connectivity index (χ3n) is 7.90. The molecule has 6 heteroatoms. The highest BCUT2D eigenvalue weighted by Crippen LogP contribution is 2.35. The number of nitrogens with one attached hydrogen (secondary N) is 2. The molecular weight excluding hydrogens is 410 g/mol. The maximum absolute atomic E-state index is 9.92. The van der Waals surface area contributed by atoms with Crippen LogP contribution >= 0.6 is 0 Å². The molecule has 1 aromatic carbocycles. The maximum atomic E-state index is 9.92. The van der Waals surface area contributed by atoms with Crippen LogP contribution in [0.5, 0.6) is 0 Å².